The van der Waals surface area contributed by atoms with Gasteiger partial charge in [0.05, 0.1) is 17.4 Å². The zero-order chi connectivity index (χ0) is 20.1. The Labute approximate surface area is 174 Å². The summed E-state index contributed by atoms with van der Waals surface area (Å²) in [7, 11) is 0. The van der Waals surface area contributed by atoms with Gasteiger partial charge in [-0.3, -0.25) is 9.69 Å². The van der Waals surface area contributed by atoms with Crippen molar-refractivity contribution in [2.75, 3.05) is 25.1 Å². The molecule has 1 heterocycles. The molecule has 0 aliphatic carbocycles. The number of hydrogen-bond acceptors (Lipinski definition) is 4. The highest BCUT2D eigenvalue weighted by molar-refractivity contribution is 7.99. The molecule has 0 unspecified atom stereocenters. The molecule has 2 N–H and O–H groups in total. The Hall–Kier alpha value is -1.60. The lowest BCUT2D eigenvalue weighted by molar-refractivity contribution is -0.124. The molecule has 3 rings (SSSR count). The van der Waals surface area contributed by atoms with E-state index in [0.717, 1.165) is 11.1 Å². The molecule has 0 spiro atoms. The number of nitrogens with one attached hydrogen (secondary N) is 1. The molecule has 0 bridgehead atoms. The first kappa shape index (κ1) is 21.1. The van der Waals surface area contributed by atoms with Gasteiger partial charge in [0.25, 0.3) is 0 Å². The quantitative estimate of drug-likeness (QED) is 0.749. The summed E-state index contributed by atoms with van der Waals surface area (Å²) in [5, 5.41) is 14.6. The Bertz CT molecular complexity index is 823. The van der Waals surface area contributed by atoms with E-state index in [-0.39, 0.29) is 11.7 Å². The molecule has 0 aromatic heterocycles. The van der Waals surface area contributed by atoms with Crippen LogP contribution in [0.3, 0.4) is 0 Å². The lowest BCUT2D eigenvalue weighted by Crippen LogP contribution is -2.62. The molecule has 1 aliphatic heterocycles. The van der Waals surface area contributed by atoms with Gasteiger partial charge in [-0.2, -0.15) is 11.8 Å². The van der Waals surface area contributed by atoms with Gasteiger partial charge in [0.1, 0.15) is 5.82 Å². The SMILES string of the molecule is CSCC(=O)N[C@]1(c2ccccc2)CCN(Cc2ccc(F)cc2Cl)C[C@H]1O. The summed E-state index contributed by atoms with van der Waals surface area (Å²) < 4.78 is 13.3. The average Bonchev–Trinajstić information content (AvgIpc) is 2.67. The number of carbonyl (C=O) groups is 1. The van der Waals surface area contributed by atoms with Gasteiger partial charge >= 0.3 is 0 Å². The minimum absolute atomic E-state index is 0.0922. The monoisotopic (exact) mass is 422 g/mol. The number of piperidine rings is 1. The van der Waals surface area contributed by atoms with Crippen LogP contribution in [0.25, 0.3) is 0 Å². The Balaban J connectivity index is 1.79. The molecular weight excluding hydrogens is 399 g/mol. The standard InChI is InChI=1S/C21H24ClFN2O2S/c1-28-14-20(27)24-21(16-5-3-2-4-6-16)9-10-25(13-19(21)26)12-15-7-8-17(23)11-18(15)22/h2-8,11,19,26H,9-10,12-14H2,1H3,(H,24,27)/t19-,21+/m1/s1. The van der Waals surface area contributed by atoms with Crippen molar-refractivity contribution < 1.29 is 14.3 Å². The number of carbonyl (C=O) groups excluding carboxylic acids is 1. The van der Waals surface area contributed by atoms with Crippen LogP contribution in [0.2, 0.25) is 5.02 Å². The molecule has 2 aromatic carbocycles. The number of hydrogen-bond donors (Lipinski definition) is 2. The molecule has 2 atom stereocenters. The molecule has 2 aromatic rings. The fourth-order valence-corrected chi connectivity index (χ4v) is 4.29. The van der Waals surface area contributed by atoms with Crippen molar-refractivity contribution in [2.45, 2.75) is 24.6 Å². The fraction of sp³-hybridized carbons (Fsp3) is 0.381. The lowest BCUT2D eigenvalue weighted by atomic mass is 9.78. The van der Waals surface area contributed by atoms with E-state index in [1.54, 1.807) is 6.07 Å². The fourth-order valence-electron chi connectivity index (χ4n) is 3.73. The summed E-state index contributed by atoms with van der Waals surface area (Å²) in [6, 6.07) is 14.0. The molecule has 1 saturated heterocycles. The van der Waals surface area contributed by atoms with Gasteiger partial charge < -0.3 is 10.4 Å². The van der Waals surface area contributed by atoms with Crippen LogP contribution < -0.4 is 5.32 Å². The van der Waals surface area contributed by atoms with E-state index in [0.29, 0.717) is 36.8 Å². The zero-order valence-electron chi connectivity index (χ0n) is 15.7. The van der Waals surface area contributed by atoms with E-state index >= 15 is 0 Å². The van der Waals surface area contributed by atoms with E-state index in [1.807, 2.05) is 36.6 Å². The van der Waals surface area contributed by atoms with Crippen molar-refractivity contribution in [1.29, 1.82) is 0 Å². The Kier molecular flexibility index (Phi) is 6.99. The van der Waals surface area contributed by atoms with Gasteiger partial charge in [-0.15, -0.1) is 0 Å². The first-order valence-electron chi connectivity index (χ1n) is 9.14. The molecule has 7 heteroatoms. The van der Waals surface area contributed by atoms with Crippen molar-refractivity contribution >= 4 is 29.3 Å². The Morgan fingerprint density at radius 1 is 1.36 bits per heavy atom. The zero-order valence-corrected chi connectivity index (χ0v) is 17.3. The molecule has 28 heavy (non-hydrogen) atoms. The Morgan fingerprint density at radius 2 is 2.11 bits per heavy atom. The highest BCUT2D eigenvalue weighted by Crippen LogP contribution is 2.34. The van der Waals surface area contributed by atoms with Gasteiger partial charge in [-0.1, -0.05) is 48.0 Å². The number of nitrogens with zero attached hydrogens (tertiary/aromatic N) is 1. The molecule has 4 nitrogen and oxygen atoms in total. The molecule has 0 saturated carbocycles. The maximum Gasteiger partial charge on any atom is 0.230 e. The molecule has 150 valence electrons. The van der Waals surface area contributed by atoms with Crippen molar-refractivity contribution in [3.05, 3.63) is 70.5 Å². The number of thioether (sulfide) groups is 1. The third-order valence-electron chi connectivity index (χ3n) is 5.16. The number of likely N-dealkylation sites (tertiary alicyclic amines) is 1. The lowest BCUT2D eigenvalue weighted by Gasteiger charge is -2.46. The maximum absolute atomic E-state index is 13.3. The summed E-state index contributed by atoms with van der Waals surface area (Å²) in [5.41, 5.74) is 0.891. The van der Waals surface area contributed by atoms with Gasteiger partial charge in [0, 0.05) is 24.7 Å². The van der Waals surface area contributed by atoms with Crippen LogP contribution in [0.5, 0.6) is 0 Å². The maximum atomic E-state index is 13.3. The number of benzene rings is 2. The summed E-state index contributed by atoms with van der Waals surface area (Å²) >= 11 is 7.60. The second-order valence-electron chi connectivity index (χ2n) is 7.06. The third kappa shape index (κ3) is 4.69. The van der Waals surface area contributed by atoms with E-state index < -0.39 is 11.6 Å². The number of amides is 1. The number of halogens is 2. The van der Waals surface area contributed by atoms with E-state index in [1.165, 1.54) is 23.9 Å². The third-order valence-corrected chi connectivity index (χ3v) is 6.06. The van der Waals surface area contributed by atoms with Crippen molar-refractivity contribution in [2.24, 2.45) is 0 Å². The topological polar surface area (TPSA) is 52.6 Å². The number of aliphatic hydroxyl groups excluding tert-OH is 1. The number of aliphatic hydroxyl groups is 1. The minimum Gasteiger partial charge on any atom is -0.389 e. The summed E-state index contributed by atoms with van der Waals surface area (Å²) in [5.74, 6) is -0.117. The van der Waals surface area contributed by atoms with Gasteiger partial charge in [-0.25, -0.2) is 4.39 Å². The highest BCUT2D eigenvalue weighted by atomic mass is 35.5. The largest absolute Gasteiger partial charge is 0.389 e. The van der Waals surface area contributed by atoms with Crippen LogP contribution in [-0.2, 0) is 16.9 Å². The van der Waals surface area contributed by atoms with Crippen LogP contribution in [0.15, 0.2) is 48.5 Å². The second-order valence-corrected chi connectivity index (χ2v) is 8.33. The molecule has 1 fully saturated rings. The predicted molar refractivity (Wildman–Crippen MR) is 112 cm³/mol. The molecule has 1 aliphatic rings. The second kappa shape index (κ2) is 9.27. The Morgan fingerprint density at radius 3 is 2.75 bits per heavy atom. The van der Waals surface area contributed by atoms with E-state index in [2.05, 4.69) is 10.2 Å². The highest BCUT2D eigenvalue weighted by Gasteiger charge is 2.44. The minimum atomic E-state index is -0.822. The summed E-state index contributed by atoms with van der Waals surface area (Å²) in [6.07, 6.45) is 1.66. The molecule has 0 radical (unpaired) electrons. The average molecular weight is 423 g/mol. The van der Waals surface area contributed by atoms with Crippen molar-refractivity contribution in [3.8, 4) is 0 Å². The molecule has 1 amide bonds. The van der Waals surface area contributed by atoms with Crippen LogP contribution >= 0.6 is 23.4 Å². The van der Waals surface area contributed by atoms with Gasteiger partial charge in [0.2, 0.25) is 5.91 Å². The van der Waals surface area contributed by atoms with Crippen molar-refractivity contribution in [3.63, 3.8) is 0 Å². The van der Waals surface area contributed by atoms with Gasteiger partial charge in [-0.05, 0) is 35.9 Å². The first-order chi connectivity index (χ1) is 13.4. The van der Waals surface area contributed by atoms with E-state index in [4.69, 9.17) is 11.6 Å². The first-order valence-corrected chi connectivity index (χ1v) is 10.9. The summed E-state index contributed by atoms with van der Waals surface area (Å²) in [6.45, 7) is 1.56. The van der Waals surface area contributed by atoms with Crippen molar-refractivity contribution in [1.82, 2.24) is 10.2 Å². The summed E-state index contributed by atoms with van der Waals surface area (Å²) in [4.78, 5) is 14.4. The van der Waals surface area contributed by atoms with Crippen LogP contribution in [0.1, 0.15) is 17.5 Å². The predicted octanol–water partition coefficient (Wildman–Crippen LogP) is 3.42. The normalized spacial score (nSPS) is 22.8. The van der Waals surface area contributed by atoms with Gasteiger partial charge in [0.15, 0.2) is 0 Å². The number of β-amino-alcohol motifs (C(OH)–C–C–N with tert-alkyl or cyclic N) is 1. The smallest absolute Gasteiger partial charge is 0.230 e. The van der Waals surface area contributed by atoms with Crippen LogP contribution in [0, 0.1) is 5.82 Å². The molecular formula is C21H24ClFN2O2S. The van der Waals surface area contributed by atoms with Crippen LogP contribution in [-0.4, -0.2) is 47.1 Å². The van der Waals surface area contributed by atoms with Crippen LogP contribution in [0.4, 0.5) is 4.39 Å². The number of rotatable bonds is 6. The van der Waals surface area contributed by atoms with E-state index in [9.17, 15) is 14.3 Å².